The van der Waals surface area contributed by atoms with Gasteiger partial charge in [0, 0.05) is 0 Å². The molecule has 0 aliphatic heterocycles. The maximum absolute atomic E-state index is 3.86. The Balaban J connectivity index is -0.000000659. The van der Waals surface area contributed by atoms with Crippen LogP contribution >= 0.6 is 0 Å². The Morgan fingerprint density at radius 3 is 1.92 bits per heavy atom. The Morgan fingerprint density at radius 2 is 1.54 bits per heavy atom. The molecule has 0 saturated carbocycles. The summed E-state index contributed by atoms with van der Waals surface area (Å²) < 4.78 is 0. The van der Waals surface area contributed by atoms with E-state index in [0.717, 1.165) is 12.8 Å². The summed E-state index contributed by atoms with van der Waals surface area (Å²) in [5.74, 6) is 0. The minimum absolute atomic E-state index is 0.931. The summed E-state index contributed by atoms with van der Waals surface area (Å²) in [6.07, 6.45) is 8.28. The van der Waals surface area contributed by atoms with Crippen LogP contribution in [-0.4, -0.2) is 0 Å². The zero-order valence-electron chi connectivity index (χ0n) is 18.1. The Kier molecular flexibility index (Phi) is 22.2. The zero-order chi connectivity index (χ0) is 19.5. The molecule has 0 aromatic heterocycles. The fraction of sp³-hybridized carbons (Fsp3) is 0.500. The first-order valence-corrected chi connectivity index (χ1v) is 9.67. The Hall–Kier alpha value is -1.56. The van der Waals surface area contributed by atoms with Crippen molar-refractivity contribution >= 4 is 5.57 Å². The van der Waals surface area contributed by atoms with Crippen LogP contribution < -0.4 is 0 Å². The highest BCUT2D eigenvalue weighted by molar-refractivity contribution is 5.73. The van der Waals surface area contributed by atoms with E-state index >= 15 is 0 Å². The lowest BCUT2D eigenvalue weighted by atomic mass is 9.91. The lowest BCUT2D eigenvalue weighted by Crippen LogP contribution is -1.93. The summed E-state index contributed by atoms with van der Waals surface area (Å²) in [5.41, 5.74) is 6.87. The second-order valence-corrected chi connectivity index (χ2v) is 4.67. The molecule has 0 bridgehead atoms. The van der Waals surface area contributed by atoms with E-state index in [1.165, 1.54) is 27.8 Å². The van der Waals surface area contributed by atoms with E-state index in [-0.39, 0.29) is 0 Å². The van der Waals surface area contributed by atoms with Crippen molar-refractivity contribution < 1.29 is 0 Å². The van der Waals surface area contributed by atoms with E-state index in [4.69, 9.17) is 0 Å². The van der Waals surface area contributed by atoms with Gasteiger partial charge in [-0.1, -0.05) is 90.5 Å². The standard InChI is InChI=1S/C18H24.3C2H6/c1-6-9-16(10-7-2)17(8-3)18-12-11-14(4)13-15(18)5;3*1-2/h6-7,10-13H,1,8-9H2,2-5H3;3*1-2H3/b10-7-,17-16+;;;. The third-order valence-corrected chi connectivity index (χ3v) is 3.18. The third kappa shape index (κ3) is 10.3. The molecule has 0 unspecified atom stereocenters. The fourth-order valence-electron chi connectivity index (χ4n) is 2.39. The van der Waals surface area contributed by atoms with Crippen LogP contribution in [0.4, 0.5) is 0 Å². The van der Waals surface area contributed by atoms with Crippen LogP contribution in [0.5, 0.6) is 0 Å². The first-order chi connectivity index (χ1) is 11.6. The predicted octanol–water partition coefficient (Wildman–Crippen LogP) is 8.70. The van der Waals surface area contributed by atoms with Gasteiger partial charge >= 0.3 is 0 Å². The molecule has 0 nitrogen and oxygen atoms in total. The molecule has 1 rings (SSSR count). The molecule has 0 amide bonds. The average molecular weight is 331 g/mol. The van der Waals surface area contributed by atoms with Crippen molar-refractivity contribution in [1.29, 1.82) is 0 Å². The summed E-state index contributed by atoms with van der Waals surface area (Å²) in [5, 5.41) is 0. The number of hydrogen-bond donors (Lipinski definition) is 0. The maximum atomic E-state index is 3.86. The highest BCUT2D eigenvalue weighted by atomic mass is 14.1. The molecular weight excluding hydrogens is 288 g/mol. The Bertz CT molecular complexity index is 473. The summed E-state index contributed by atoms with van der Waals surface area (Å²) in [6.45, 7) is 24.5. The maximum Gasteiger partial charge on any atom is -0.00973 e. The summed E-state index contributed by atoms with van der Waals surface area (Å²) in [4.78, 5) is 0. The lowest BCUT2D eigenvalue weighted by Gasteiger charge is -2.14. The van der Waals surface area contributed by atoms with Gasteiger partial charge in [0.2, 0.25) is 0 Å². The molecule has 1 aromatic rings. The van der Waals surface area contributed by atoms with Gasteiger partial charge in [-0.25, -0.2) is 0 Å². The van der Waals surface area contributed by atoms with Crippen LogP contribution in [0.3, 0.4) is 0 Å². The molecule has 0 aliphatic rings. The van der Waals surface area contributed by atoms with E-state index in [1.807, 2.05) is 47.6 Å². The molecule has 0 heterocycles. The zero-order valence-corrected chi connectivity index (χ0v) is 18.1. The highest BCUT2D eigenvalue weighted by Gasteiger charge is 2.07. The molecule has 0 fully saturated rings. The quantitative estimate of drug-likeness (QED) is 0.374. The summed E-state index contributed by atoms with van der Waals surface area (Å²) >= 11 is 0. The molecule has 24 heavy (non-hydrogen) atoms. The predicted molar refractivity (Wildman–Crippen MR) is 117 cm³/mol. The van der Waals surface area contributed by atoms with Crippen LogP contribution in [0.2, 0.25) is 0 Å². The Labute approximate surface area is 153 Å². The first-order valence-electron chi connectivity index (χ1n) is 9.67. The smallest absolute Gasteiger partial charge is 0.00973 e. The van der Waals surface area contributed by atoms with Crippen LogP contribution in [0.15, 0.2) is 48.6 Å². The minimum atomic E-state index is 0.931. The molecule has 138 valence electrons. The van der Waals surface area contributed by atoms with Crippen LogP contribution in [0.25, 0.3) is 5.57 Å². The summed E-state index contributed by atoms with van der Waals surface area (Å²) in [6, 6.07) is 6.70. The van der Waals surface area contributed by atoms with E-state index in [2.05, 4.69) is 64.6 Å². The van der Waals surface area contributed by atoms with Gasteiger partial charge in [-0.2, -0.15) is 0 Å². The van der Waals surface area contributed by atoms with Crippen LogP contribution in [-0.2, 0) is 0 Å². The van der Waals surface area contributed by atoms with Gasteiger partial charge < -0.3 is 0 Å². The van der Waals surface area contributed by atoms with Crippen LogP contribution in [0.1, 0.15) is 84.9 Å². The second kappa shape index (κ2) is 19.5. The minimum Gasteiger partial charge on any atom is -0.103 e. The van der Waals surface area contributed by atoms with Gasteiger partial charge in [-0.05, 0) is 55.9 Å². The van der Waals surface area contributed by atoms with Gasteiger partial charge in [-0.3, -0.25) is 0 Å². The van der Waals surface area contributed by atoms with E-state index < -0.39 is 0 Å². The van der Waals surface area contributed by atoms with Crippen molar-refractivity contribution in [3.8, 4) is 0 Å². The van der Waals surface area contributed by atoms with Crippen LogP contribution in [0, 0.1) is 13.8 Å². The van der Waals surface area contributed by atoms with E-state index in [0.29, 0.717) is 0 Å². The summed E-state index contributed by atoms with van der Waals surface area (Å²) in [7, 11) is 0. The highest BCUT2D eigenvalue weighted by Crippen LogP contribution is 2.28. The average Bonchev–Trinajstić information content (AvgIpc) is 2.63. The lowest BCUT2D eigenvalue weighted by molar-refractivity contribution is 1.16. The van der Waals surface area contributed by atoms with Crippen molar-refractivity contribution in [2.75, 3.05) is 0 Å². The van der Waals surface area contributed by atoms with Gasteiger partial charge in [0.05, 0.1) is 0 Å². The normalized spacial score (nSPS) is 10.2. The number of benzene rings is 1. The molecular formula is C24H42. The number of aryl methyl sites for hydroxylation is 2. The van der Waals surface area contributed by atoms with Crippen molar-refractivity contribution in [2.24, 2.45) is 0 Å². The SMILES string of the molecule is C=CCC(/C=C\C)=C(/CC)c1ccc(C)cc1C.CC.CC.CC. The monoisotopic (exact) mass is 330 g/mol. The molecule has 1 aromatic carbocycles. The van der Waals surface area contributed by atoms with Gasteiger partial charge in [0.15, 0.2) is 0 Å². The Morgan fingerprint density at radius 1 is 1.00 bits per heavy atom. The van der Waals surface area contributed by atoms with Crippen molar-refractivity contribution in [3.05, 3.63) is 65.3 Å². The molecule has 0 atom stereocenters. The first kappa shape index (κ1) is 27.3. The molecule has 0 heteroatoms. The molecule has 0 aliphatic carbocycles. The fourth-order valence-corrected chi connectivity index (χ4v) is 2.39. The number of hydrogen-bond acceptors (Lipinski definition) is 0. The third-order valence-electron chi connectivity index (χ3n) is 3.18. The molecule has 0 radical (unpaired) electrons. The van der Waals surface area contributed by atoms with Gasteiger partial charge in [0.1, 0.15) is 0 Å². The molecule has 0 spiro atoms. The largest absolute Gasteiger partial charge is 0.103 e. The number of allylic oxidation sites excluding steroid dienone is 5. The van der Waals surface area contributed by atoms with E-state index in [1.54, 1.807) is 0 Å². The van der Waals surface area contributed by atoms with Crippen molar-refractivity contribution in [1.82, 2.24) is 0 Å². The van der Waals surface area contributed by atoms with Crippen molar-refractivity contribution in [2.45, 2.75) is 82.1 Å². The number of rotatable bonds is 5. The van der Waals surface area contributed by atoms with Gasteiger partial charge in [-0.15, -0.1) is 6.58 Å². The topological polar surface area (TPSA) is 0 Å². The van der Waals surface area contributed by atoms with Crippen molar-refractivity contribution in [3.63, 3.8) is 0 Å². The van der Waals surface area contributed by atoms with E-state index in [9.17, 15) is 0 Å². The molecule has 0 saturated heterocycles. The van der Waals surface area contributed by atoms with Gasteiger partial charge in [0.25, 0.3) is 0 Å². The molecule has 0 N–H and O–H groups in total. The second-order valence-electron chi connectivity index (χ2n) is 4.67.